The molecule has 1 unspecified atom stereocenters. The smallest absolute Gasteiger partial charge is 0.167 e. The van der Waals surface area contributed by atoms with E-state index in [4.69, 9.17) is 4.74 Å². The van der Waals surface area contributed by atoms with Crippen LogP contribution < -0.4 is 10.1 Å². The first kappa shape index (κ1) is 12.3. The number of hydrogen-bond donors (Lipinski definition) is 2. The molecule has 0 aromatic heterocycles. The van der Waals surface area contributed by atoms with Gasteiger partial charge in [-0.1, -0.05) is 0 Å². The van der Waals surface area contributed by atoms with Crippen molar-refractivity contribution in [3.05, 3.63) is 29.8 Å². The van der Waals surface area contributed by atoms with Crippen LogP contribution in [0.3, 0.4) is 0 Å². The molecule has 1 aromatic carbocycles. The first-order chi connectivity index (χ1) is 8.15. The van der Waals surface area contributed by atoms with E-state index in [1.54, 1.807) is 0 Å². The maximum Gasteiger partial charge on any atom is 0.167 e. The fraction of sp³-hybridized carbons (Fsp3) is 0.500. The molecule has 0 radical (unpaired) electrons. The lowest BCUT2D eigenvalue weighted by Gasteiger charge is -2.13. The molecule has 0 bridgehead atoms. The Hall–Kier alpha value is -1.20. The SMILES string of the molecule is OC(CNC1CC1)COc1ccc(F)cc1F. The van der Waals surface area contributed by atoms with Crippen LogP contribution in [-0.4, -0.2) is 30.4 Å². The lowest BCUT2D eigenvalue weighted by Crippen LogP contribution is -2.32. The summed E-state index contributed by atoms with van der Waals surface area (Å²) < 4.78 is 30.8. The van der Waals surface area contributed by atoms with E-state index in [9.17, 15) is 13.9 Å². The van der Waals surface area contributed by atoms with E-state index in [1.807, 2.05) is 0 Å². The summed E-state index contributed by atoms with van der Waals surface area (Å²) in [7, 11) is 0. The fourth-order valence-electron chi connectivity index (χ4n) is 1.43. The second kappa shape index (κ2) is 5.42. The van der Waals surface area contributed by atoms with Gasteiger partial charge in [-0.25, -0.2) is 8.78 Å². The standard InChI is InChI=1S/C12H15F2NO2/c13-8-1-4-12(11(14)5-8)17-7-10(16)6-15-9-2-3-9/h1,4-5,9-10,15-16H,2-3,6-7H2. The van der Waals surface area contributed by atoms with Gasteiger partial charge in [0, 0.05) is 18.7 Å². The van der Waals surface area contributed by atoms with Gasteiger partial charge in [0.15, 0.2) is 11.6 Å². The first-order valence-electron chi connectivity index (χ1n) is 5.64. The van der Waals surface area contributed by atoms with E-state index < -0.39 is 17.7 Å². The van der Waals surface area contributed by atoms with Gasteiger partial charge in [0.2, 0.25) is 0 Å². The second-order valence-corrected chi connectivity index (χ2v) is 4.22. The zero-order valence-electron chi connectivity index (χ0n) is 9.33. The summed E-state index contributed by atoms with van der Waals surface area (Å²) in [4.78, 5) is 0. The third kappa shape index (κ3) is 3.94. The van der Waals surface area contributed by atoms with Crippen molar-refractivity contribution in [2.75, 3.05) is 13.2 Å². The molecule has 1 atom stereocenters. The third-order valence-electron chi connectivity index (χ3n) is 2.54. The molecule has 3 nitrogen and oxygen atoms in total. The summed E-state index contributed by atoms with van der Waals surface area (Å²) in [5, 5.41) is 12.7. The number of aliphatic hydroxyl groups excluding tert-OH is 1. The minimum absolute atomic E-state index is 0.0116. The maximum absolute atomic E-state index is 13.2. The van der Waals surface area contributed by atoms with Crippen LogP contribution in [0.1, 0.15) is 12.8 Å². The van der Waals surface area contributed by atoms with Crippen molar-refractivity contribution in [3.63, 3.8) is 0 Å². The Morgan fingerprint density at radius 1 is 1.41 bits per heavy atom. The number of nitrogens with one attached hydrogen (secondary N) is 1. The van der Waals surface area contributed by atoms with Gasteiger partial charge >= 0.3 is 0 Å². The van der Waals surface area contributed by atoms with E-state index in [1.165, 1.54) is 6.07 Å². The van der Waals surface area contributed by atoms with E-state index in [2.05, 4.69) is 5.32 Å². The normalized spacial score (nSPS) is 16.9. The Balaban J connectivity index is 1.75. The molecule has 0 amide bonds. The maximum atomic E-state index is 13.2. The van der Waals surface area contributed by atoms with Crippen molar-refractivity contribution < 1.29 is 18.6 Å². The van der Waals surface area contributed by atoms with Gasteiger partial charge in [0.25, 0.3) is 0 Å². The Labute approximate surface area is 98.4 Å². The average Bonchev–Trinajstić information content (AvgIpc) is 3.09. The van der Waals surface area contributed by atoms with Crippen molar-refractivity contribution in [2.45, 2.75) is 25.0 Å². The van der Waals surface area contributed by atoms with Gasteiger partial charge < -0.3 is 15.2 Å². The number of rotatable bonds is 6. The molecule has 2 rings (SSSR count). The Bertz CT molecular complexity index is 383. The van der Waals surface area contributed by atoms with Gasteiger partial charge in [-0.3, -0.25) is 0 Å². The Morgan fingerprint density at radius 3 is 2.82 bits per heavy atom. The Kier molecular flexibility index (Phi) is 3.91. The molecule has 0 spiro atoms. The van der Waals surface area contributed by atoms with Crippen LogP contribution in [0.15, 0.2) is 18.2 Å². The Morgan fingerprint density at radius 2 is 2.18 bits per heavy atom. The van der Waals surface area contributed by atoms with Crippen LogP contribution in [0, 0.1) is 11.6 Å². The summed E-state index contributed by atoms with van der Waals surface area (Å²) in [5.74, 6) is -1.45. The number of ether oxygens (including phenoxy) is 1. The highest BCUT2D eigenvalue weighted by Gasteiger charge is 2.21. The molecule has 17 heavy (non-hydrogen) atoms. The molecule has 1 aromatic rings. The van der Waals surface area contributed by atoms with Crippen molar-refractivity contribution >= 4 is 0 Å². The molecule has 0 heterocycles. The van der Waals surface area contributed by atoms with Crippen molar-refractivity contribution in [3.8, 4) is 5.75 Å². The summed E-state index contributed by atoms with van der Waals surface area (Å²) in [6.07, 6.45) is 1.58. The van der Waals surface area contributed by atoms with Crippen LogP contribution in [0.5, 0.6) is 5.75 Å². The van der Waals surface area contributed by atoms with Crippen LogP contribution in [0.4, 0.5) is 8.78 Å². The second-order valence-electron chi connectivity index (χ2n) is 4.22. The predicted octanol–water partition coefficient (Wildman–Crippen LogP) is 1.46. The van der Waals surface area contributed by atoms with Crippen molar-refractivity contribution in [2.24, 2.45) is 0 Å². The molecule has 0 aliphatic heterocycles. The van der Waals surface area contributed by atoms with E-state index in [0.717, 1.165) is 25.0 Å². The van der Waals surface area contributed by atoms with Crippen LogP contribution >= 0.6 is 0 Å². The lowest BCUT2D eigenvalue weighted by molar-refractivity contribution is 0.104. The van der Waals surface area contributed by atoms with E-state index >= 15 is 0 Å². The summed E-state index contributed by atoms with van der Waals surface area (Å²) in [6, 6.07) is 3.59. The monoisotopic (exact) mass is 243 g/mol. The summed E-state index contributed by atoms with van der Waals surface area (Å²) >= 11 is 0. The third-order valence-corrected chi connectivity index (χ3v) is 2.54. The number of aliphatic hydroxyl groups is 1. The number of benzene rings is 1. The summed E-state index contributed by atoms with van der Waals surface area (Å²) in [5.41, 5.74) is 0. The number of halogens is 2. The molecule has 0 saturated heterocycles. The largest absolute Gasteiger partial charge is 0.488 e. The van der Waals surface area contributed by atoms with Gasteiger partial charge in [0.1, 0.15) is 18.5 Å². The molecular weight excluding hydrogens is 228 g/mol. The number of hydrogen-bond acceptors (Lipinski definition) is 3. The zero-order chi connectivity index (χ0) is 12.3. The molecule has 1 aliphatic rings. The molecule has 1 saturated carbocycles. The highest BCUT2D eigenvalue weighted by Crippen LogP contribution is 2.19. The molecular formula is C12H15F2NO2. The van der Waals surface area contributed by atoms with Crippen LogP contribution in [0.2, 0.25) is 0 Å². The van der Waals surface area contributed by atoms with Gasteiger partial charge in [-0.15, -0.1) is 0 Å². The van der Waals surface area contributed by atoms with Crippen molar-refractivity contribution in [1.82, 2.24) is 5.32 Å². The topological polar surface area (TPSA) is 41.5 Å². The minimum Gasteiger partial charge on any atom is -0.488 e. The first-order valence-corrected chi connectivity index (χ1v) is 5.64. The minimum atomic E-state index is -0.757. The van der Waals surface area contributed by atoms with Gasteiger partial charge in [0.05, 0.1) is 0 Å². The zero-order valence-corrected chi connectivity index (χ0v) is 9.33. The molecule has 5 heteroatoms. The molecule has 94 valence electrons. The average molecular weight is 243 g/mol. The van der Waals surface area contributed by atoms with Gasteiger partial charge in [-0.2, -0.15) is 0 Å². The lowest BCUT2D eigenvalue weighted by atomic mass is 10.3. The quantitative estimate of drug-likeness (QED) is 0.794. The highest BCUT2D eigenvalue weighted by atomic mass is 19.1. The van der Waals surface area contributed by atoms with Crippen molar-refractivity contribution in [1.29, 1.82) is 0 Å². The molecule has 1 aliphatic carbocycles. The molecule has 2 N–H and O–H groups in total. The van der Waals surface area contributed by atoms with E-state index in [0.29, 0.717) is 12.6 Å². The highest BCUT2D eigenvalue weighted by molar-refractivity contribution is 5.24. The fourth-order valence-corrected chi connectivity index (χ4v) is 1.43. The molecule has 1 fully saturated rings. The van der Waals surface area contributed by atoms with Gasteiger partial charge in [-0.05, 0) is 25.0 Å². The van der Waals surface area contributed by atoms with E-state index in [-0.39, 0.29) is 12.4 Å². The van der Waals surface area contributed by atoms with Crippen LogP contribution in [0.25, 0.3) is 0 Å². The summed E-state index contributed by atoms with van der Waals surface area (Å²) in [6.45, 7) is 0.412. The van der Waals surface area contributed by atoms with Crippen LogP contribution in [-0.2, 0) is 0 Å². The predicted molar refractivity (Wildman–Crippen MR) is 58.9 cm³/mol.